The molecule has 0 bridgehead atoms. The fourth-order valence-electron chi connectivity index (χ4n) is 2.29. The van der Waals surface area contributed by atoms with Crippen LogP contribution in [0.2, 0.25) is 0 Å². The molecular formula is C17H28FIN2O. The van der Waals surface area contributed by atoms with E-state index in [-0.39, 0.29) is 5.82 Å². The summed E-state index contributed by atoms with van der Waals surface area (Å²) < 4.78 is 27.7. The maximum absolute atomic E-state index is 13.5. The van der Waals surface area contributed by atoms with Crippen molar-refractivity contribution < 1.29 is 7.83 Å². The summed E-state index contributed by atoms with van der Waals surface area (Å²) in [6, 6.07) is 4.90. The Kier molecular flexibility index (Phi) is 9.12. The summed E-state index contributed by atoms with van der Waals surface area (Å²) in [7, 11) is 0. The Hall–Kier alpha value is -0.530. The molecule has 0 amide bonds. The van der Waals surface area contributed by atoms with Crippen molar-refractivity contribution >= 4 is 26.2 Å². The van der Waals surface area contributed by atoms with E-state index in [9.17, 15) is 7.83 Å². The van der Waals surface area contributed by atoms with Crippen LogP contribution >= 0.6 is 20.5 Å². The average Bonchev–Trinajstić information content (AvgIpc) is 2.49. The topological polar surface area (TPSA) is 56.1 Å². The third-order valence-electron chi connectivity index (χ3n) is 3.76. The summed E-state index contributed by atoms with van der Waals surface area (Å²) in [6.07, 6.45) is 4.95. The molecule has 126 valence electrons. The van der Waals surface area contributed by atoms with Crippen molar-refractivity contribution in [3.8, 4) is 0 Å². The van der Waals surface area contributed by atoms with Gasteiger partial charge in [-0.15, -0.1) is 0 Å². The van der Waals surface area contributed by atoms with E-state index < -0.39 is 20.5 Å². The standard InChI is InChI=1S/C17H28FIN2O/c1-4-15(20)12-13(2)8-5-6-11-21-19(22)17-10-7-9-16(18)14(17)3/h7,9-10,13,20-22H,4-6,8,11-12H2,1-3H3. The molecule has 0 saturated carbocycles. The van der Waals surface area contributed by atoms with Gasteiger partial charge in [0.1, 0.15) is 0 Å². The van der Waals surface area contributed by atoms with Gasteiger partial charge in [-0.3, -0.25) is 0 Å². The molecule has 1 rings (SSSR count). The van der Waals surface area contributed by atoms with Gasteiger partial charge in [0.05, 0.1) is 0 Å². The van der Waals surface area contributed by atoms with Crippen LogP contribution in [0.5, 0.6) is 0 Å². The molecule has 0 spiro atoms. The van der Waals surface area contributed by atoms with Crippen LogP contribution in [0.3, 0.4) is 0 Å². The van der Waals surface area contributed by atoms with Crippen molar-refractivity contribution in [2.24, 2.45) is 5.92 Å². The van der Waals surface area contributed by atoms with E-state index >= 15 is 0 Å². The van der Waals surface area contributed by atoms with Crippen molar-refractivity contribution in [3.05, 3.63) is 33.1 Å². The van der Waals surface area contributed by atoms with E-state index in [0.29, 0.717) is 11.5 Å². The van der Waals surface area contributed by atoms with E-state index in [1.165, 1.54) is 6.07 Å². The minimum absolute atomic E-state index is 0.247. The summed E-state index contributed by atoms with van der Waals surface area (Å²) >= 11 is -2.43. The molecule has 0 aliphatic carbocycles. The van der Waals surface area contributed by atoms with Gasteiger partial charge in [-0.2, -0.15) is 0 Å². The number of rotatable bonds is 10. The normalized spacial score (nSPS) is 13.0. The summed E-state index contributed by atoms with van der Waals surface area (Å²) in [4.78, 5) is 0. The van der Waals surface area contributed by atoms with Crippen molar-refractivity contribution in [3.63, 3.8) is 0 Å². The second-order valence-electron chi connectivity index (χ2n) is 5.76. The number of hydrogen-bond acceptors (Lipinski definition) is 3. The Bertz CT molecular complexity index is 482. The monoisotopic (exact) mass is 422 g/mol. The SMILES string of the molecule is CCC(=N)CC(C)CCCCNI(O)c1cccc(F)c1C. The van der Waals surface area contributed by atoms with Crippen LogP contribution < -0.4 is 3.53 Å². The van der Waals surface area contributed by atoms with Crippen molar-refractivity contribution in [1.82, 2.24) is 3.53 Å². The summed E-state index contributed by atoms with van der Waals surface area (Å²) in [5, 5.41) is 7.70. The first-order chi connectivity index (χ1) is 10.5. The molecular weight excluding hydrogens is 394 g/mol. The predicted octanol–water partition coefficient (Wildman–Crippen LogP) is 4.85. The third kappa shape index (κ3) is 6.71. The minimum atomic E-state index is -2.43. The van der Waals surface area contributed by atoms with Gasteiger partial charge in [0, 0.05) is 0 Å². The van der Waals surface area contributed by atoms with Crippen LogP contribution in [0.1, 0.15) is 51.5 Å². The van der Waals surface area contributed by atoms with Crippen molar-refractivity contribution in [2.75, 3.05) is 6.54 Å². The van der Waals surface area contributed by atoms with Crippen LogP contribution in [-0.2, 0) is 0 Å². The van der Waals surface area contributed by atoms with Crippen LogP contribution in [0.25, 0.3) is 0 Å². The first-order valence-corrected chi connectivity index (χ1v) is 11.0. The van der Waals surface area contributed by atoms with Crippen LogP contribution in [-0.4, -0.2) is 15.7 Å². The molecule has 3 N–H and O–H groups in total. The van der Waals surface area contributed by atoms with Crippen LogP contribution in [0.15, 0.2) is 18.2 Å². The third-order valence-corrected chi connectivity index (χ3v) is 7.29. The van der Waals surface area contributed by atoms with Gasteiger partial charge in [-0.1, -0.05) is 0 Å². The van der Waals surface area contributed by atoms with Gasteiger partial charge < -0.3 is 0 Å². The van der Waals surface area contributed by atoms with E-state index in [1.54, 1.807) is 13.0 Å². The zero-order valence-corrected chi connectivity index (χ0v) is 15.9. The predicted molar refractivity (Wildman–Crippen MR) is 99.7 cm³/mol. The summed E-state index contributed by atoms with van der Waals surface area (Å²) in [5.41, 5.74) is 1.39. The molecule has 0 fully saturated rings. The first kappa shape index (κ1) is 19.5. The zero-order chi connectivity index (χ0) is 16.5. The van der Waals surface area contributed by atoms with Crippen LogP contribution in [0.4, 0.5) is 4.39 Å². The Labute approximate surface area is 141 Å². The van der Waals surface area contributed by atoms with Gasteiger partial charge in [-0.05, 0) is 0 Å². The van der Waals surface area contributed by atoms with Gasteiger partial charge in [0.2, 0.25) is 0 Å². The zero-order valence-electron chi connectivity index (χ0n) is 13.8. The first-order valence-electron chi connectivity index (χ1n) is 7.89. The Morgan fingerprint density at radius 2 is 2.14 bits per heavy atom. The average molecular weight is 422 g/mol. The number of benzene rings is 1. The van der Waals surface area contributed by atoms with Gasteiger partial charge in [-0.25, -0.2) is 0 Å². The molecule has 0 heterocycles. The summed E-state index contributed by atoms with van der Waals surface area (Å²) in [5.74, 6) is 0.310. The Morgan fingerprint density at radius 1 is 1.41 bits per heavy atom. The molecule has 1 atom stereocenters. The molecule has 1 aromatic carbocycles. The quantitative estimate of drug-likeness (QED) is 0.219. The number of hydrogen-bond donors (Lipinski definition) is 3. The molecule has 22 heavy (non-hydrogen) atoms. The van der Waals surface area contributed by atoms with Crippen molar-refractivity contribution in [2.45, 2.75) is 52.9 Å². The Balaban J connectivity index is 2.24. The van der Waals surface area contributed by atoms with E-state index in [2.05, 4.69) is 10.5 Å². The Morgan fingerprint density at radius 3 is 2.82 bits per heavy atom. The fourth-order valence-corrected chi connectivity index (χ4v) is 5.16. The van der Waals surface area contributed by atoms with Crippen LogP contribution in [0, 0.1) is 27.6 Å². The molecule has 1 aromatic rings. The fraction of sp³-hybridized carbons (Fsp3) is 0.588. The van der Waals surface area contributed by atoms with E-state index in [0.717, 1.165) is 47.9 Å². The number of unbranched alkanes of at least 4 members (excludes halogenated alkanes) is 1. The molecule has 3 nitrogen and oxygen atoms in total. The molecule has 0 aliphatic heterocycles. The van der Waals surface area contributed by atoms with Gasteiger partial charge in [0.25, 0.3) is 0 Å². The molecule has 0 saturated heterocycles. The molecule has 5 heteroatoms. The second kappa shape index (κ2) is 10.3. The second-order valence-corrected chi connectivity index (χ2v) is 9.19. The van der Waals surface area contributed by atoms with E-state index in [1.807, 2.05) is 13.0 Å². The van der Waals surface area contributed by atoms with Gasteiger partial charge in [0.15, 0.2) is 0 Å². The van der Waals surface area contributed by atoms with E-state index in [4.69, 9.17) is 5.41 Å². The molecule has 0 radical (unpaired) electrons. The van der Waals surface area contributed by atoms with Gasteiger partial charge >= 0.3 is 141 Å². The number of nitrogens with one attached hydrogen (secondary N) is 2. The van der Waals surface area contributed by atoms with Crippen molar-refractivity contribution in [1.29, 1.82) is 5.41 Å². The maximum atomic E-state index is 13.5. The molecule has 0 aliphatic rings. The summed E-state index contributed by atoms with van der Waals surface area (Å²) in [6.45, 7) is 6.71. The molecule has 0 aromatic heterocycles. The number of halogens is 2. The molecule has 1 unspecified atom stereocenters.